The summed E-state index contributed by atoms with van der Waals surface area (Å²) in [4.78, 5) is 0. The van der Waals surface area contributed by atoms with Crippen LogP contribution in [0.1, 0.15) is 133 Å². The van der Waals surface area contributed by atoms with Crippen LogP contribution >= 0.6 is 0 Å². The van der Waals surface area contributed by atoms with E-state index in [-0.39, 0.29) is 11.2 Å². The molecule has 0 heterocycles. The maximum Gasteiger partial charge on any atom is 0.0657 e. The first-order chi connectivity index (χ1) is 20.7. The van der Waals surface area contributed by atoms with Crippen molar-refractivity contribution >= 4 is 0 Å². The van der Waals surface area contributed by atoms with Gasteiger partial charge in [-0.15, -0.1) is 0 Å². The van der Waals surface area contributed by atoms with Crippen LogP contribution in [0.5, 0.6) is 0 Å². The molecule has 0 aliphatic heterocycles. The van der Waals surface area contributed by atoms with Crippen molar-refractivity contribution in [2.45, 2.75) is 145 Å². The number of ether oxygens (including phenoxy) is 2. The van der Waals surface area contributed by atoms with Gasteiger partial charge in [-0.1, -0.05) is 125 Å². The quantitative estimate of drug-likeness (QED) is 0.0801. The molecule has 0 bridgehead atoms. The topological polar surface area (TPSA) is 18.5 Å². The summed E-state index contributed by atoms with van der Waals surface area (Å²) in [5.74, 6) is 2.66. The van der Waals surface area contributed by atoms with Crippen molar-refractivity contribution in [3.8, 4) is 0 Å². The monoisotopic (exact) mass is 609 g/mol. The molecule has 0 aromatic heterocycles. The predicted octanol–water partition coefficient (Wildman–Crippen LogP) is 13.0. The molecule has 0 amide bonds. The molecule has 0 fully saturated rings. The molecule has 0 aromatic rings. The molecule has 0 saturated heterocycles. The van der Waals surface area contributed by atoms with Crippen molar-refractivity contribution in [2.24, 2.45) is 23.7 Å². The lowest BCUT2D eigenvalue weighted by molar-refractivity contribution is 0.0251. The Balaban J connectivity index is 4.15. The van der Waals surface area contributed by atoms with Gasteiger partial charge in [-0.25, -0.2) is 0 Å². The average molecular weight is 609 g/mol. The van der Waals surface area contributed by atoms with E-state index >= 15 is 0 Å². The molecule has 2 heteroatoms. The Morgan fingerprint density at radius 2 is 1.18 bits per heavy atom. The molecule has 0 rings (SSSR count). The van der Waals surface area contributed by atoms with Crippen molar-refractivity contribution < 1.29 is 9.47 Å². The van der Waals surface area contributed by atoms with Gasteiger partial charge in [0.05, 0.1) is 11.2 Å². The fraction of sp³-hybridized carbons (Fsp3) is 0.667. The second kappa shape index (κ2) is 24.3. The Kier molecular flexibility index (Phi) is 23.3. The van der Waals surface area contributed by atoms with Crippen LogP contribution in [0.15, 0.2) is 84.1 Å². The van der Waals surface area contributed by atoms with Gasteiger partial charge in [0.25, 0.3) is 0 Å². The molecule has 0 N–H and O–H groups in total. The summed E-state index contributed by atoms with van der Waals surface area (Å²) in [6.45, 7) is 22.3. The Morgan fingerprint density at radius 3 is 1.80 bits per heavy atom. The molecule has 0 aromatic carbocycles. The summed E-state index contributed by atoms with van der Waals surface area (Å²) in [5.41, 5.74) is 2.49. The summed E-state index contributed by atoms with van der Waals surface area (Å²) in [5, 5.41) is 0. The number of rotatable bonds is 24. The summed E-state index contributed by atoms with van der Waals surface area (Å²) >= 11 is 0. The van der Waals surface area contributed by atoms with Crippen molar-refractivity contribution in [3.05, 3.63) is 84.1 Å². The molecule has 44 heavy (non-hydrogen) atoms. The minimum atomic E-state index is -0.0953. The molecule has 0 saturated carbocycles. The highest BCUT2D eigenvalue weighted by atomic mass is 16.5. The van der Waals surface area contributed by atoms with E-state index < -0.39 is 0 Å². The second-order valence-electron chi connectivity index (χ2n) is 14.7. The minimum absolute atomic E-state index is 0.0766. The number of methoxy groups -OCH3 is 2. The van der Waals surface area contributed by atoms with Gasteiger partial charge in [-0.2, -0.15) is 0 Å². The van der Waals surface area contributed by atoms with E-state index in [9.17, 15) is 0 Å². The molecule has 0 radical (unpaired) electrons. The zero-order valence-electron chi connectivity index (χ0n) is 31.1. The fourth-order valence-electron chi connectivity index (χ4n) is 4.72. The lowest BCUT2D eigenvalue weighted by Gasteiger charge is -2.20. The normalized spacial score (nSPS) is 17.2. The van der Waals surface area contributed by atoms with Crippen LogP contribution in [0.4, 0.5) is 0 Å². The highest BCUT2D eigenvalue weighted by Crippen LogP contribution is 2.19. The lowest BCUT2D eigenvalue weighted by Crippen LogP contribution is -2.20. The van der Waals surface area contributed by atoms with Gasteiger partial charge in [0.1, 0.15) is 0 Å². The van der Waals surface area contributed by atoms with E-state index in [2.05, 4.69) is 142 Å². The summed E-state index contributed by atoms with van der Waals surface area (Å²) in [6, 6.07) is 0. The minimum Gasteiger partial charge on any atom is -0.378 e. The van der Waals surface area contributed by atoms with E-state index in [0.29, 0.717) is 11.8 Å². The van der Waals surface area contributed by atoms with Crippen molar-refractivity contribution in [1.29, 1.82) is 0 Å². The summed E-state index contributed by atoms with van der Waals surface area (Å²) in [7, 11) is 3.55. The Morgan fingerprint density at radius 1 is 0.614 bits per heavy atom. The van der Waals surface area contributed by atoms with Gasteiger partial charge in [0, 0.05) is 14.2 Å². The van der Waals surface area contributed by atoms with E-state index in [4.69, 9.17) is 9.47 Å². The predicted molar refractivity (Wildman–Crippen MR) is 198 cm³/mol. The number of hydrogen-bond donors (Lipinski definition) is 0. The maximum atomic E-state index is 5.49. The van der Waals surface area contributed by atoms with Gasteiger partial charge in [0.15, 0.2) is 0 Å². The fourth-order valence-corrected chi connectivity index (χ4v) is 4.72. The first kappa shape index (κ1) is 42.1. The molecular formula is C42H72O2. The van der Waals surface area contributed by atoms with Crippen LogP contribution in [0, 0.1) is 23.7 Å². The van der Waals surface area contributed by atoms with E-state index in [0.717, 1.165) is 37.5 Å². The molecule has 4 unspecified atom stereocenters. The van der Waals surface area contributed by atoms with Crippen LogP contribution < -0.4 is 0 Å². The van der Waals surface area contributed by atoms with Crippen LogP contribution in [0.3, 0.4) is 0 Å². The third-order valence-electron chi connectivity index (χ3n) is 8.58. The Labute approximate surface area is 275 Å². The third-order valence-corrected chi connectivity index (χ3v) is 8.58. The SMILES string of the molecule is COC(C)(C)C/C=C/C(C)=C/C=C/C(C)CCCC(C)C/C=C/CC(C)CC/C=C(C)/C=C/CC(C)/C=C/CC(C)(C)OC. The molecule has 2 nitrogen and oxygen atoms in total. The van der Waals surface area contributed by atoms with Gasteiger partial charge < -0.3 is 9.47 Å². The zero-order valence-corrected chi connectivity index (χ0v) is 31.1. The van der Waals surface area contributed by atoms with E-state index in [1.165, 1.54) is 49.7 Å². The van der Waals surface area contributed by atoms with Gasteiger partial charge in [-0.3, -0.25) is 0 Å². The van der Waals surface area contributed by atoms with Crippen molar-refractivity contribution in [2.75, 3.05) is 14.2 Å². The average Bonchev–Trinajstić information content (AvgIpc) is 2.95. The summed E-state index contributed by atoms with van der Waals surface area (Å²) < 4.78 is 11.0. The van der Waals surface area contributed by atoms with E-state index in [1.807, 2.05) is 0 Å². The highest BCUT2D eigenvalue weighted by molar-refractivity contribution is 5.22. The van der Waals surface area contributed by atoms with Crippen LogP contribution in [0.2, 0.25) is 0 Å². The second-order valence-corrected chi connectivity index (χ2v) is 14.7. The Hall–Kier alpha value is -1.90. The first-order valence-corrected chi connectivity index (χ1v) is 17.5. The van der Waals surface area contributed by atoms with Gasteiger partial charge >= 0.3 is 0 Å². The molecule has 0 spiro atoms. The van der Waals surface area contributed by atoms with Crippen LogP contribution in [0.25, 0.3) is 0 Å². The molecule has 0 aliphatic carbocycles. The van der Waals surface area contributed by atoms with Gasteiger partial charge in [-0.05, 0) is 117 Å². The van der Waals surface area contributed by atoms with Crippen molar-refractivity contribution in [1.82, 2.24) is 0 Å². The largest absolute Gasteiger partial charge is 0.378 e. The first-order valence-electron chi connectivity index (χ1n) is 17.5. The standard InChI is InChI=1S/C42H72O2/c1-35(23-15-25-37(3)27-17-29-39(5)31-19-33-41(7,8)43-11)21-13-14-22-36(2)24-16-26-38(4)28-18-30-40(6)32-20-34-42(9,10)44-12/h13-14,17-20,25,27-28,30-32,35-36,38-39H,15-16,21-24,26,29,33-34H2,1-12H3/b14-13+,27-17+,28-18+,31-19+,32-20+,37-25+,40-30+. The molecule has 0 aliphatic rings. The van der Waals surface area contributed by atoms with E-state index in [1.54, 1.807) is 14.2 Å². The number of hydrogen-bond acceptors (Lipinski definition) is 2. The summed E-state index contributed by atoms with van der Waals surface area (Å²) in [6.07, 6.45) is 39.2. The van der Waals surface area contributed by atoms with Crippen LogP contribution in [-0.4, -0.2) is 25.4 Å². The number of allylic oxidation sites excluding steroid dienone is 12. The Bertz CT molecular complexity index is 937. The maximum absolute atomic E-state index is 5.49. The third kappa shape index (κ3) is 25.4. The molecule has 252 valence electrons. The smallest absolute Gasteiger partial charge is 0.0657 e. The molecular weight excluding hydrogens is 536 g/mol. The van der Waals surface area contributed by atoms with Crippen molar-refractivity contribution in [3.63, 3.8) is 0 Å². The highest BCUT2D eigenvalue weighted by Gasteiger charge is 2.14. The zero-order chi connectivity index (χ0) is 33.4. The van der Waals surface area contributed by atoms with Crippen LogP contribution in [-0.2, 0) is 9.47 Å². The van der Waals surface area contributed by atoms with Gasteiger partial charge in [0.2, 0.25) is 0 Å². The lowest BCUT2D eigenvalue weighted by atomic mass is 9.95. The molecule has 4 atom stereocenters.